The van der Waals surface area contributed by atoms with E-state index in [1.165, 1.54) is 0 Å². The van der Waals surface area contributed by atoms with Gasteiger partial charge in [0.15, 0.2) is 8.32 Å². The van der Waals surface area contributed by atoms with E-state index in [1.54, 1.807) is 0 Å². The zero-order chi connectivity index (χ0) is 15.4. The fraction of sp³-hybridized carbons (Fsp3) is 0.929. The molecule has 0 saturated carbocycles. The first-order valence-electron chi connectivity index (χ1n) is 7.49. The van der Waals surface area contributed by atoms with Crippen molar-refractivity contribution in [3.8, 4) is 0 Å². The van der Waals surface area contributed by atoms with Crippen molar-refractivity contribution in [2.24, 2.45) is 5.92 Å². The molecule has 0 aromatic rings. The highest BCUT2D eigenvalue weighted by atomic mass is 28.4. The highest BCUT2D eigenvalue weighted by Gasteiger charge is 2.40. The van der Waals surface area contributed by atoms with Crippen LogP contribution in [-0.4, -0.2) is 45.3 Å². The summed E-state index contributed by atoms with van der Waals surface area (Å²) in [4.78, 5) is 10.8. The van der Waals surface area contributed by atoms with Gasteiger partial charge in [0, 0.05) is 6.54 Å². The van der Waals surface area contributed by atoms with Gasteiger partial charge in [-0.15, -0.1) is 0 Å². The number of amides is 1. The summed E-state index contributed by atoms with van der Waals surface area (Å²) in [6, 6.07) is 0. The Balaban J connectivity index is 2.73. The van der Waals surface area contributed by atoms with Crippen LogP contribution in [0.1, 0.15) is 33.6 Å². The summed E-state index contributed by atoms with van der Waals surface area (Å²) in [6.45, 7) is 13.5. The third-order valence-corrected chi connectivity index (χ3v) is 9.12. The minimum absolute atomic E-state index is 0.00547. The van der Waals surface area contributed by atoms with Gasteiger partial charge < -0.3 is 20.2 Å². The van der Waals surface area contributed by atoms with Crippen molar-refractivity contribution >= 4 is 14.4 Å². The quantitative estimate of drug-likeness (QED) is 0.683. The third kappa shape index (κ3) is 5.07. The van der Waals surface area contributed by atoms with E-state index in [1.807, 2.05) is 0 Å². The first kappa shape index (κ1) is 17.5. The van der Waals surface area contributed by atoms with Gasteiger partial charge in [0.25, 0.3) is 0 Å². The topological polar surface area (TPSA) is 70.6 Å². The van der Waals surface area contributed by atoms with E-state index in [4.69, 9.17) is 9.53 Å². The molecule has 0 radical (unpaired) electrons. The zero-order valence-corrected chi connectivity index (χ0v) is 14.5. The molecule has 5 nitrogen and oxygen atoms in total. The number of carboxylic acid groups (broad SMARTS) is 1. The van der Waals surface area contributed by atoms with Crippen molar-refractivity contribution in [1.29, 1.82) is 0 Å². The van der Waals surface area contributed by atoms with Gasteiger partial charge in [-0.05, 0) is 50.0 Å². The van der Waals surface area contributed by atoms with Crippen molar-refractivity contribution in [3.63, 3.8) is 0 Å². The molecule has 118 valence electrons. The van der Waals surface area contributed by atoms with Crippen molar-refractivity contribution < 1.29 is 14.3 Å². The van der Waals surface area contributed by atoms with Gasteiger partial charge in [-0.3, -0.25) is 0 Å². The summed E-state index contributed by atoms with van der Waals surface area (Å²) in [7, 11) is -1.88. The van der Waals surface area contributed by atoms with Gasteiger partial charge in [0.2, 0.25) is 0 Å². The largest absolute Gasteiger partial charge is 0.465 e. The van der Waals surface area contributed by atoms with Crippen LogP contribution in [0.4, 0.5) is 4.79 Å². The van der Waals surface area contributed by atoms with Gasteiger partial charge in [-0.2, -0.15) is 0 Å². The van der Waals surface area contributed by atoms with Crippen molar-refractivity contribution in [2.75, 3.05) is 19.6 Å². The molecule has 0 spiro atoms. The molecule has 20 heavy (non-hydrogen) atoms. The first-order chi connectivity index (χ1) is 9.13. The molecule has 1 rings (SSSR count). The normalized spacial score (nSPS) is 19.6. The lowest BCUT2D eigenvalue weighted by molar-refractivity contribution is 0.0949. The van der Waals surface area contributed by atoms with E-state index >= 15 is 0 Å². The molecule has 0 aliphatic carbocycles. The summed E-state index contributed by atoms with van der Waals surface area (Å²) in [5, 5.41) is 14.8. The molecule has 1 saturated heterocycles. The summed E-state index contributed by atoms with van der Waals surface area (Å²) in [5.41, 5.74) is 0. The summed E-state index contributed by atoms with van der Waals surface area (Å²) >= 11 is 0. The number of hydrogen-bond acceptors (Lipinski definition) is 3. The minimum atomic E-state index is -1.88. The molecule has 6 heteroatoms. The van der Waals surface area contributed by atoms with Crippen LogP contribution < -0.4 is 10.6 Å². The van der Waals surface area contributed by atoms with Crippen LogP contribution in [0.5, 0.6) is 0 Å². The van der Waals surface area contributed by atoms with Crippen LogP contribution >= 0.6 is 0 Å². The second-order valence-electron chi connectivity index (χ2n) is 7.19. The van der Waals surface area contributed by atoms with Crippen molar-refractivity contribution in [1.82, 2.24) is 10.6 Å². The first-order valence-corrected chi connectivity index (χ1v) is 10.4. The highest BCUT2D eigenvalue weighted by Crippen LogP contribution is 2.38. The third-order valence-electron chi connectivity index (χ3n) is 4.62. The average Bonchev–Trinajstić information content (AvgIpc) is 2.34. The van der Waals surface area contributed by atoms with Crippen molar-refractivity contribution in [2.45, 2.75) is 57.8 Å². The lowest BCUT2D eigenvalue weighted by Crippen LogP contribution is -2.50. The van der Waals surface area contributed by atoms with E-state index in [0.29, 0.717) is 12.5 Å². The fourth-order valence-corrected chi connectivity index (χ4v) is 3.65. The lowest BCUT2D eigenvalue weighted by Gasteiger charge is -2.42. The number of piperidine rings is 1. The Bertz CT molecular complexity index is 323. The second kappa shape index (κ2) is 6.91. The van der Waals surface area contributed by atoms with E-state index in [-0.39, 0.29) is 11.1 Å². The molecule has 1 atom stereocenters. The van der Waals surface area contributed by atoms with Gasteiger partial charge in [-0.1, -0.05) is 20.8 Å². The van der Waals surface area contributed by atoms with Gasteiger partial charge in [0.05, 0.1) is 6.10 Å². The molecule has 1 unspecified atom stereocenters. The van der Waals surface area contributed by atoms with E-state index in [0.717, 1.165) is 25.9 Å². The highest BCUT2D eigenvalue weighted by molar-refractivity contribution is 6.74. The Kier molecular flexibility index (Phi) is 6.03. The van der Waals surface area contributed by atoms with Crippen LogP contribution in [0.3, 0.4) is 0 Å². The summed E-state index contributed by atoms with van der Waals surface area (Å²) < 4.78 is 6.48. The number of rotatable bonds is 5. The molecule has 0 bridgehead atoms. The fourth-order valence-electron chi connectivity index (χ4n) is 2.26. The SMILES string of the molecule is CC(C)(C)[Si](C)(C)OC(CNC(=O)O)C1CCNCC1. The van der Waals surface area contributed by atoms with Gasteiger partial charge in [0.1, 0.15) is 0 Å². The Morgan fingerprint density at radius 2 is 1.95 bits per heavy atom. The van der Waals surface area contributed by atoms with Crippen LogP contribution in [0.2, 0.25) is 18.1 Å². The minimum Gasteiger partial charge on any atom is -0.465 e. The molecule has 1 heterocycles. The molecule has 3 N–H and O–H groups in total. The van der Waals surface area contributed by atoms with E-state index < -0.39 is 14.4 Å². The van der Waals surface area contributed by atoms with E-state index in [2.05, 4.69) is 44.5 Å². The van der Waals surface area contributed by atoms with Crippen LogP contribution in [0.25, 0.3) is 0 Å². The zero-order valence-electron chi connectivity index (χ0n) is 13.5. The Morgan fingerprint density at radius 1 is 1.40 bits per heavy atom. The van der Waals surface area contributed by atoms with E-state index in [9.17, 15) is 4.79 Å². The monoisotopic (exact) mass is 302 g/mol. The maximum absolute atomic E-state index is 10.8. The van der Waals surface area contributed by atoms with Crippen LogP contribution in [0, 0.1) is 5.92 Å². The molecular weight excluding hydrogens is 272 g/mol. The smallest absolute Gasteiger partial charge is 0.404 e. The van der Waals surface area contributed by atoms with Gasteiger partial charge in [-0.25, -0.2) is 4.79 Å². The molecule has 1 amide bonds. The number of nitrogens with one attached hydrogen (secondary N) is 2. The molecule has 1 fully saturated rings. The standard InChI is InChI=1S/C14H30N2O3Si/c1-14(2,3)20(4,5)19-12(10-16-13(17)18)11-6-8-15-9-7-11/h11-12,15-16H,6-10H2,1-5H3,(H,17,18). The molecule has 0 aromatic heterocycles. The maximum atomic E-state index is 10.8. The van der Waals surface area contributed by atoms with Gasteiger partial charge >= 0.3 is 6.09 Å². The number of hydrogen-bond donors (Lipinski definition) is 3. The molecular formula is C14H30N2O3Si. The Labute approximate surface area is 123 Å². The average molecular weight is 302 g/mol. The maximum Gasteiger partial charge on any atom is 0.404 e. The summed E-state index contributed by atoms with van der Waals surface area (Å²) in [5.74, 6) is 0.442. The molecule has 0 aromatic carbocycles. The Hall–Kier alpha value is -0.593. The predicted octanol–water partition coefficient (Wildman–Crippen LogP) is 2.64. The number of carbonyl (C=O) groups is 1. The Morgan fingerprint density at radius 3 is 2.40 bits per heavy atom. The van der Waals surface area contributed by atoms with Crippen molar-refractivity contribution in [3.05, 3.63) is 0 Å². The molecule has 1 aliphatic rings. The summed E-state index contributed by atoms with van der Waals surface area (Å²) in [6.07, 6.45) is 1.14. The predicted molar refractivity (Wildman–Crippen MR) is 83.7 cm³/mol. The molecule has 1 aliphatic heterocycles. The van der Waals surface area contributed by atoms with Crippen LogP contribution in [-0.2, 0) is 4.43 Å². The second-order valence-corrected chi connectivity index (χ2v) is 11.9. The van der Waals surface area contributed by atoms with Crippen LogP contribution in [0.15, 0.2) is 0 Å². The lowest BCUT2D eigenvalue weighted by atomic mass is 9.92.